The van der Waals surface area contributed by atoms with E-state index < -0.39 is 5.54 Å². The van der Waals surface area contributed by atoms with Gasteiger partial charge < -0.3 is 10.5 Å². The maximum atomic E-state index is 12.2. The first-order chi connectivity index (χ1) is 9.90. The maximum Gasteiger partial charge on any atom is 0.257 e. The number of benzene rings is 1. The topological polar surface area (TPSA) is 90.1 Å². The summed E-state index contributed by atoms with van der Waals surface area (Å²) in [5.74, 6) is 0.403. The molecule has 2 aromatic rings. The van der Waals surface area contributed by atoms with Crippen molar-refractivity contribution >= 4 is 22.4 Å². The Kier molecular flexibility index (Phi) is 4.54. The van der Waals surface area contributed by atoms with Gasteiger partial charge in [-0.1, -0.05) is 17.4 Å². The monoisotopic (exact) mass is 306 g/mol. The lowest BCUT2D eigenvalue weighted by Gasteiger charge is -2.12. The molecule has 3 N–H and O–H groups in total. The van der Waals surface area contributed by atoms with Crippen LogP contribution in [0.4, 0.5) is 5.13 Å². The standard InChI is InChI=1S/C14H18N4O2S/c1-4-20-10-7-5-6-9(8-10)11(19)16-13-18-17-12(21-13)14(2,3)15/h5-8H,4,15H2,1-3H3,(H,16,18,19). The molecule has 7 heteroatoms. The van der Waals surface area contributed by atoms with Crippen molar-refractivity contribution in [1.82, 2.24) is 10.2 Å². The van der Waals surface area contributed by atoms with Crippen LogP contribution in [0.1, 0.15) is 36.1 Å². The Hall–Kier alpha value is -1.99. The smallest absolute Gasteiger partial charge is 0.257 e. The zero-order chi connectivity index (χ0) is 15.5. The van der Waals surface area contributed by atoms with E-state index in [0.29, 0.717) is 28.1 Å². The minimum atomic E-state index is -0.574. The predicted molar refractivity (Wildman–Crippen MR) is 82.7 cm³/mol. The van der Waals surface area contributed by atoms with Crippen molar-refractivity contribution in [1.29, 1.82) is 0 Å². The zero-order valence-electron chi connectivity index (χ0n) is 12.2. The number of carbonyl (C=O) groups is 1. The fourth-order valence-electron chi connectivity index (χ4n) is 1.60. The number of aromatic nitrogens is 2. The van der Waals surface area contributed by atoms with E-state index in [1.165, 1.54) is 11.3 Å². The number of ether oxygens (including phenoxy) is 1. The largest absolute Gasteiger partial charge is 0.494 e. The lowest BCUT2D eigenvalue weighted by molar-refractivity contribution is 0.102. The predicted octanol–water partition coefficient (Wildman–Crippen LogP) is 2.38. The number of hydrogen-bond donors (Lipinski definition) is 2. The van der Waals surface area contributed by atoms with E-state index in [-0.39, 0.29) is 5.91 Å². The molecule has 21 heavy (non-hydrogen) atoms. The first kappa shape index (κ1) is 15.4. The molecule has 0 saturated carbocycles. The Labute approximate surface area is 127 Å². The molecule has 0 radical (unpaired) electrons. The second-order valence-corrected chi connectivity index (χ2v) is 6.03. The first-order valence-electron chi connectivity index (χ1n) is 6.57. The lowest BCUT2D eigenvalue weighted by Crippen LogP contribution is -2.28. The van der Waals surface area contributed by atoms with Crippen LogP contribution in [0.3, 0.4) is 0 Å². The van der Waals surface area contributed by atoms with Gasteiger partial charge >= 0.3 is 0 Å². The fourth-order valence-corrected chi connectivity index (χ4v) is 2.35. The van der Waals surface area contributed by atoms with E-state index in [1.807, 2.05) is 20.8 Å². The summed E-state index contributed by atoms with van der Waals surface area (Å²) in [4.78, 5) is 12.2. The van der Waals surface area contributed by atoms with Crippen LogP contribution in [-0.2, 0) is 5.54 Å². The highest BCUT2D eigenvalue weighted by Crippen LogP contribution is 2.24. The molecule has 6 nitrogen and oxygen atoms in total. The molecule has 0 bridgehead atoms. The zero-order valence-corrected chi connectivity index (χ0v) is 13.0. The highest BCUT2D eigenvalue weighted by atomic mass is 32.1. The van der Waals surface area contributed by atoms with Gasteiger partial charge in [0.1, 0.15) is 10.8 Å². The van der Waals surface area contributed by atoms with Crippen LogP contribution >= 0.6 is 11.3 Å². The van der Waals surface area contributed by atoms with Crippen LogP contribution in [0.25, 0.3) is 0 Å². The molecule has 1 aromatic heterocycles. The van der Waals surface area contributed by atoms with Gasteiger partial charge in [0.25, 0.3) is 5.91 Å². The van der Waals surface area contributed by atoms with Crippen molar-refractivity contribution in [3.05, 3.63) is 34.8 Å². The normalized spacial score (nSPS) is 11.2. The summed E-state index contributed by atoms with van der Waals surface area (Å²) in [6, 6.07) is 6.98. The summed E-state index contributed by atoms with van der Waals surface area (Å²) in [7, 11) is 0. The number of nitrogens with one attached hydrogen (secondary N) is 1. The van der Waals surface area contributed by atoms with Crippen molar-refractivity contribution in [3.8, 4) is 5.75 Å². The van der Waals surface area contributed by atoms with Crippen LogP contribution in [0.5, 0.6) is 5.75 Å². The van der Waals surface area contributed by atoms with E-state index in [2.05, 4.69) is 15.5 Å². The number of carbonyl (C=O) groups excluding carboxylic acids is 1. The van der Waals surface area contributed by atoms with E-state index >= 15 is 0 Å². The summed E-state index contributed by atoms with van der Waals surface area (Å²) >= 11 is 1.27. The summed E-state index contributed by atoms with van der Waals surface area (Å²) in [5, 5.41) is 11.7. The SMILES string of the molecule is CCOc1cccc(C(=O)Nc2nnc(C(C)(C)N)s2)c1. The molecule has 0 unspecified atom stereocenters. The molecule has 0 saturated heterocycles. The first-order valence-corrected chi connectivity index (χ1v) is 7.39. The summed E-state index contributed by atoms with van der Waals surface area (Å²) in [5.41, 5.74) is 5.87. The van der Waals surface area contributed by atoms with Gasteiger partial charge in [-0.2, -0.15) is 0 Å². The Morgan fingerprint density at radius 3 is 2.81 bits per heavy atom. The minimum Gasteiger partial charge on any atom is -0.494 e. The lowest BCUT2D eigenvalue weighted by atomic mass is 10.1. The Balaban J connectivity index is 2.11. The van der Waals surface area contributed by atoms with Crippen molar-refractivity contribution in [2.45, 2.75) is 26.3 Å². The highest BCUT2D eigenvalue weighted by Gasteiger charge is 2.20. The molecular weight excluding hydrogens is 288 g/mol. The van der Waals surface area contributed by atoms with Gasteiger partial charge in [-0.25, -0.2) is 0 Å². The van der Waals surface area contributed by atoms with E-state index in [0.717, 1.165) is 0 Å². The number of hydrogen-bond acceptors (Lipinski definition) is 6. The second-order valence-electron chi connectivity index (χ2n) is 5.05. The average Bonchev–Trinajstić information content (AvgIpc) is 2.88. The Morgan fingerprint density at radius 2 is 2.19 bits per heavy atom. The molecule has 0 atom stereocenters. The summed E-state index contributed by atoms with van der Waals surface area (Å²) in [6.07, 6.45) is 0. The quantitative estimate of drug-likeness (QED) is 0.885. The van der Waals surface area contributed by atoms with Gasteiger partial charge in [-0.3, -0.25) is 10.1 Å². The number of anilines is 1. The van der Waals surface area contributed by atoms with E-state index in [9.17, 15) is 4.79 Å². The van der Waals surface area contributed by atoms with Crippen LogP contribution < -0.4 is 15.8 Å². The fraction of sp³-hybridized carbons (Fsp3) is 0.357. The van der Waals surface area contributed by atoms with Crippen molar-refractivity contribution in [2.75, 3.05) is 11.9 Å². The van der Waals surface area contributed by atoms with Crippen LogP contribution in [-0.4, -0.2) is 22.7 Å². The molecular formula is C14H18N4O2S. The molecule has 0 aliphatic carbocycles. The third-order valence-electron chi connectivity index (χ3n) is 2.60. The number of amides is 1. The molecule has 1 heterocycles. The number of rotatable bonds is 5. The summed E-state index contributed by atoms with van der Waals surface area (Å²) in [6.45, 7) is 6.12. The van der Waals surface area contributed by atoms with Gasteiger partial charge in [0.05, 0.1) is 12.1 Å². The van der Waals surface area contributed by atoms with Crippen molar-refractivity contribution < 1.29 is 9.53 Å². The third-order valence-corrected chi connectivity index (χ3v) is 3.78. The molecule has 2 rings (SSSR count). The Morgan fingerprint density at radius 1 is 1.43 bits per heavy atom. The molecule has 1 amide bonds. The molecule has 1 aromatic carbocycles. The number of nitrogens with zero attached hydrogens (tertiary/aromatic N) is 2. The van der Waals surface area contributed by atoms with Gasteiger partial charge in [0.2, 0.25) is 5.13 Å². The van der Waals surface area contributed by atoms with E-state index in [1.54, 1.807) is 24.3 Å². The van der Waals surface area contributed by atoms with Gasteiger partial charge in [-0.05, 0) is 39.0 Å². The van der Waals surface area contributed by atoms with Gasteiger partial charge in [0.15, 0.2) is 0 Å². The Bertz CT molecular complexity index is 634. The average molecular weight is 306 g/mol. The minimum absolute atomic E-state index is 0.255. The van der Waals surface area contributed by atoms with Gasteiger partial charge in [-0.15, -0.1) is 10.2 Å². The summed E-state index contributed by atoms with van der Waals surface area (Å²) < 4.78 is 5.37. The van der Waals surface area contributed by atoms with Crippen LogP contribution in [0.2, 0.25) is 0 Å². The molecule has 112 valence electrons. The van der Waals surface area contributed by atoms with Crippen molar-refractivity contribution in [3.63, 3.8) is 0 Å². The van der Waals surface area contributed by atoms with E-state index in [4.69, 9.17) is 10.5 Å². The molecule has 0 fully saturated rings. The van der Waals surface area contributed by atoms with Crippen molar-refractivity contribution in [2.24, 2.45) is 5.73 Å². The molecule has 0 aliphatic heterocycles. The molecule has 0 aliphatic rings. The maximum absolute atomic E-state index is 12.2. The highest BCUT2D eigenvalue weighted by molar-refractivity contribution is 7.15. The van der Waals surface area contributed by atoms with Gasteiger partial charge in [0, 0.05) is 5.56 Å². The molecule has 0 spiro atoms. The number of nitrogens with two attached hydrogens (primary N) is 1. The second kappa shape index (κ2) is 6.19. The third kappa shape index (κ3) is 3.99. The van der Waals surface area contributed by atoms with Crippen LogP contribution in [0.15, 0.2) is 24.3 Å². The van der Waals surface area contributed by atoms with Crippen LogP contribution in [0, 0.1) is 0 Å².